The lowest BCUT2D eigenvalue weighted by Crippen LogP contribution is -2.39. The van der Waals surface area contributed by atoms with Crippen molar-refractivity contribution in [1.82, 2.24) is 5.32 Å². The molecule has 0 amide bonds. The topological polar surface area (TPSA) is 55.4 Å². The molecule has 0 aromatic carbocycles. The highest BCUT2D eigenvalue weighted by atomic mass is 32.2. The summed E-state index contributed by atoms with van der Waals surface area (Å²) in [6.07, 6.45) is 0.962. The highest BCUT2D eigenvalue weighted by molar-refractivity contribution is 7.91. The van der Waals surface area contributed by atoms with Crippen LogP contribution >= 0.6 is 0 Å². The zero-order valence-corrected chi connectivity index (χ0v) is 12.6. The summed E-state index contributed by atoms with van der Waals surface area (Å²) < 4.78 is 28.0. The molecular weight excluding hydrogens is 238 g/mol. The van der Waals surface area contributed by atoms with E-state index in [9.17, 15) is 8.42 Å². The molecule has 0 bridgehead atoms. The van der Waals surface area contributed by atoms with Gasteiger partial charge in [-0.05, 0) is 18.8 Å². The molecule has 0 aliphatic rings. The van der Waals surface area contributed by atoms with Gasteiger partial charge in [0.2, 0.25) is 0 Å². The predicted octanol–water partition coefficient (Wildman–Crippen LogP) is 1.46. The molecule has 0 radical (unpaired) electrons. The summed E-state index contributed by atoms with van der Waals surface area (Å²) in [5.74, 6) is 0.427. The van der Waals surface area contributed by atoms with Crippen LogP contribution in [0.25, 0.3) is 0 Å². The summed E-state index contributed by atoms with van der Waals surface area (Å²) in [7, 11) is -1.20. The predicted molar refractivity (Wildman–Crippen MR) is 72.1 cm³/mol. The lowest BCUT2D eigenvalue weighted by molar-refractivity contribution is 0.149. The van der Waals surface area contributed by atoms with Gasteiger partial charge >= 0.3 is 0 Å². The number of hydrogen-bond donors (Lipinski definition) is 1. The second kappa shape index (κ2) is 7.34. The van der Waals surface area contributed by atoms with Crippen molar-refractivity contribution in [2.45, 2.75) is 40.2 Å². The largest absolute Gasteiger partial charge is 0.385 e. The van der Waals surface area contributed by atoms with Gasteiger partial charge in [0.25, 0.3) is 0 Å². The smallest absolute Gasteiger partial charge is 0.151 e. The molecule has 0 aliphatic carbocycles. The van der Waals surface area contributed by atoms with Gasteiger partial charge in [0.15, 0.2) is 9.84 Å². The van der Waals surface area contributed by atoms with Gasteiger partial charge in [0.05, 0.1) is 5.75 Å². The van der Waals surface area contributed by atoms with E-state index in [-0.39, 0.29) is 23.0 Å². The zero-order valence-electron chi connectivity index (χ0n) is 11.7. The average Bonchev–Trinajstić information content (AvgIpc) is 2.23. The molecule has 1 unspecified atom stereocenters. The molecular formula is C12H27NO3S. The Morgan fingerprint density at radius 3 is 2.41 bits per heavy atom. The molecule has 104 valence electrons. The summed E-state index contributed by atoms with van der Waals surface area (Å²) in [6, 6.07) is 0.00164. The first-order chi connectivity index (χ1) is 7.72. The Labute approximate surface area is 106 Å². The van der Waals surface area contributed by atoms with Crippen LogP contribution in [0.2, 0.25) is 0 Å². The van der Waals surface area contributed by atoms with Crippen molar-refractivity contribution in [3.05, 3.63) is 0 Å². The lowest BCUT2D eigenvalue weighted by atomic mass is 9.89. The summed E-state index contributed by atoms with van der Waals surface area (Å²) in [5.41, 5.74) is 0.125. The van der Waals surface area contributed by atoms with Crippen LogP contribution in [0.15, 0.2) is 0 Å². The molecule has 0 rings (SSSR count). The van der Waals surface area contributed by atoms with E-state index in [1.165, 1.54) is 0 Å². The van der Waals surface area contributed by atoms with Gasteiger partial charge in [-0.25, -0.2) is 8.42 Å². The van der Waals surface area contributed by atoms with E-state index >= 15 is 0 Å². The fourth-order valence-electron chi connectivity index (χ4n) is 1.47. The van der Waals surface area contributed by atoms with Crippen LogP contribution in [-0.4, -0.2) is 46.2 Å². The van der Waals surface area contributed by atoms with Gasteiger partial charge in [-0.1, -0.05) is 20.8 Å². The SMILES string of the molecule is CCS(=O)(=O)CC(C)NCC(C)(C)CCOC. The van der Waals surface area contributed by atoms with Crippen LogP contribution in [0.3, 0.4) is 0 Å². The van der Waals surface area contributed by atoms with E-state index in [0.29, 0.717) is 0 Å². The fourth-order valence-corrected chi connectivity index (χ4v) is 2.59. The quantitative estimate of drug-likeness (QED) is 0.686. The van der Waals surface area contributed by atoms with Crippen LogP contribution in [0.4, 0.5) is 0 Å². The standard InChI is InChI=1S/C12H27NO3S/c1-6-17(14,15)9-11(2)13-10-12(3,4)7-8-16-5/h11,13H,6-10H2,1-5H3. The van der Waals surface area contributed by atoms with Gasteiger partial charge in [-0.2, -0.15) is 0 Å². The Bertz CT molecular complexity index is 299. The van der Waals surface area contributed by atoms with E-state index < -0.39 is 9.84 Å². The van der Waals surface area contributed by atoms with Gasteiger partial charge in [-0.15, -0.1) is 0 Å². The van der Waals surface area contributed by atoms with Crippen LogP contribution in [0, 0.1) is 5.41 Å². The zero-order chi connectivity index (χ0) is 13.5. The minimum atomic E-state index is -2.89. The van der Waals surface area contributed by atoms with E-state index in [1.54, 1.807) is 14.0 Å². The van der Waals surface area contributed by atoms with Crippen LogP contribution in [0.5, 0.6) is 0 Å². The number of nitrogens with one attached hydrogen (secondary N) is 1. The molecule has 0 fully saturated rings. The van der Waals surface area contributed by atoms with E-state index in [0.717, 1.165) is 19.6 Å². The molecule has 0 spiro atoms. The number of sulfone groups is 1. The maximum absolute atomic E-state index is 11.4. The monoisotopic (exact) mass is 265 g/mol. The molecule has 17 heavy (non-hydrogen) atoms. The Balaban J connectivity index is 4.02. The van der Waals surface area contributed by atoms with Gasteiger partial charge < -0.3 is 10.1 Å². The maximum atomic E-state index is 11.4. The Kier molecular flexibility index (Phi) is 7.28. The highest BCUT2D eigenvalue weighted by Gasteiger charge is 2.20. The first kappa shape index (κ1) is 16.9. The second-order valence-corrected chi connectivity index (χ2v) is 7.79. The minimum Gasteiger partial charge on any atom is -0.385 e. The molecule has 1 atom stereocenters. The van der Waals surface area contributed by atoms with Gasteiger partial charge in [0.1, 0.15) is 0 Å². The van der Waals surface area contributed by atoms with Crippen molar-refractivity contribution in [2.75, 3.05) is 31.8 Å². The van der Waals surface area contributed by atoms with Crippen molar-refractivity contribution in [2.24, 2.45) is 5.41 Å². The van der Waals surface area contributed by atoms with Crippen molar-refractivity contribution >= 4 is 9.84 Å². The Morgan fingerprint density at radius 1 is 1.35 bits per heavy atom. The highest BCUT2D eigenvalue weighted by Crippen LogP contribution is 2.18. The summed E-state index contributed by atoms with van der Waals surface area (Å²) in [5, 5.41) is 3.29. The third kappa shape index (κ3) is 8.57. The maximum Gasteiger partial charge on any atom is 0.151 e. The lowest BCUT2D eigenvalue weighted by Gasteiger charge is -2.26. The molecule has 1 N–H and O–H groups in total. The number of hydrogen-bond acceptors (Lipinski definition) is 4. The first-order valence-corrected chi connectivity index (χ1v) is 7.97. The summed E-state index contributed by atoms with van der Waals surface area (Å²) >= 11 is 0. The Morgan fingerprint density at radius 2 is 1.94 bits per heavy atom. The molecule has 0 saturated carbocycles. The molecule has 0 aromatic rings. The Hall–Kier alpha value is -0.130. The molecule has 5 heteroatoms. The van der Waals surface area contributed by atoms with Crippen LogP contribution < -0.4 is 5.32 Å². The third-order valence-corrected chi connectivity index (χ3v) is 4.74. The third-order valence-electron chi connectivity index (χ3n) is 2.86. The normalized spacial score (nSPS) is 14.9. The number of rotatable bonds is 9. The van der Waals surface area contributed by atoms with E-state index in [4.69, 9.17) is 4.74 Å². The van der Waals surface area contributed by atoms with Crippen molar-refractivity contribution in [1.29, 1.82) is 0 Å². The summed E-state index contributed by atoms with van der Waals surface area (Å²) in [6.45, 7) is 9.44. The van der Waals surface area contributed by atoms with Gasteiger partial charge in [0, 0.05) is 32.1 Å². The summed E-state index contributed by atoms with van der Waals surface area (Å²) in [4.78, 5) is 0. The molecule has 0 heterocycles. The van der Waals surface area contributed by atoms with E-state index in [2.05, 4.69) is 19.2 Å². The average molecular weight is 265 g/mol. The van der Waals surface area contributed by atoms with Gasteiger partial charge in [-0.3, -0.25) is 0 Å². The first-order valence-electron chi connectivity index (χ1n) is 6.15. The molecule has 0 saturated heterocycles. The van der Waals surface area contributed by atoms with Crippen molar-refractivity contribution in [3.8, 4) is 0 Å². The van der Waals surface area contributed by atoms with E-state index in [1.807, 2.05) is 6.92 Å². The van der Waals surface area contributed by atoms with Crippen molar-refractivity contribution in [3.63, 3.8) is 0 Å². The number of ether oxygens (including phenoxy) is 1. The molecule has 0 aromatic heterocycles. The second-order valence-electron chi connectivity index (χ2n) is 5.39. The van der Waals surface area contributed by atoms with Crippen LogP contribution in [-0.2, 0) is 14.6 Å². The number of methoxy groups -OCH3 is 1. The van der Waals surface area contributed by atoms with Crippen LogP contribution in [0.1, 0.15) is 34.1 Å². The fraction of sp³-hybridized carbons (Fsp3) is 1.00. The van der Waals surface area contributed by atoms with Crippen molar-refractivity contribution < 1.29 is 13.2 Å². The molecule has 0 aliphatic heterocycles. The molecule has 4 nitrogen and oxygen atoms in total. The minimum absolute atomic E-state index is 0.00164.